The molecule has 0 aliphatic rings. The summed E-state index contributed by atoms with van der Waals surface area (Å²) in [6.45, 7) is 1.70. The van der Waals surface area contributed by atoms with Crippen LogP contribution >= 0.6 is 47.8 Å². The minimum atomic E-state index is -0.929. The van der Waals surface area contributed by atoms with Gasteiger partial charge >= 0.3 is 6.09 Å². The van der Waals surface area contributed by atoms with Crippen LogP contribution in [0.4, 0.5) is 10.5 Å². The van der Waals surface area contributed by atoms with E-state index in [0.717, 1.165) is 10.5 Å². The van der Waals surface area contributed by atoms with E-state index in [9.17, 15) is 14.7 Å². The third-order valence-corrected chi connectivity index (χ3v) is 5.42. The summed E-state index contributed by atoms with van der Waals surface area (Å²) in [5.74, 6) is -1.34. The van der Waals surface area contributed by atoms with Gasteiger partial charge < -0.3 is 9.84 Å². The molecule has 0 aliphatic carbocycles. The summed E-state index contributed by atoms with van der Waals surface area (Å²) in [5, 5.41) is 21.7. The van der Waals surface area contributed by atoms with Gasteiger partial charge in [-0.1, -0.05) is 44.9 Å². The first-order valence-corrected chi connectivity index (χ1v) is 10.6. The Morgan fingerprint density at radius 3 is 2.38 bits per heavy atom. The molecular weight excluding hydrogens is 576 g/mol. The predicted molar refractivity (Wildman–Crippen MR) is 119 cm³/mol. The first kappa shape index (κ1) is 23.4. The monoisotopic (exact) mass is 590 g/mol. The molecule has 0 aliphatic heterocycles. The molecule has 10 heteroatoms. The molecule has 7 nitrogen and oxygen atoms in total. The van der Waals surface area contributed by atoms with E-state index in [1.54, 1.807) is 43.3 Å². The summed E-state index contributed by atoms with van der Waals surface area (Å²) in [6.07, 6.45) is 0.899. The number of hydrogen-bond acceptors (Lipinski definition) is 5. The Kier molecular flexibility index (Phi) is 8.69. The van der Waals surface area contributed by atoms with Crippen molar-refractivity contribution >= 4 is 65.5 Å². The van der Waals surface area contributed by atoms with Gasteiger partial charge in [0.05, 0.1) is 4.47 Å². The third-order valence-electron chi connectivity index (χ3n) is 3.83. The molecule has 0 radical (unpaired) electrons. The van der Waals surface area contributed by atoms with Gasteiger partial charge in [0, 0.05) is 32.2 Å². The molecule has 4 N–H and O–H groups in total. The number of rotatable bonds is 6. The zero-order chi connectivity index (χ0) is 21.6. The molecule has 0 saturated carbocycles. The van der Waals surface area contributed by atoms with Gasteiger partial charge in [-0.25, -0.2) is 10.3 Å². The van der Waals surface area contributed by atoms with E-state index in [4.69, 9.17) is 9.94 Å². The SMILES string of the molecule is C[C@@H](/C=C/C(=O)NO)[C@H](OC(=O)Nc1ccc(Br)cc1)c1cc(Br)cc(Br)c1O. The Balaban J connectivity index is 2.31. The molecule has 0 unspecified atom stereocenters. The number of carbonyl (C=O) groups is 2. The predicted octanol–water partition coefficient (Wildman–Crippen LogP) is 5.67. The highest BCUT2D eigenvalue weighted by Crippen LogP contribution is 2.40. The van der Waals surface area contributed by atoms with Crippen molar-refractivity contribution in [3.8, 4) is 5.75 Å². The van der Waals surface area contributed by atoms with Gasteiger partial charge in [0.1, 0.15) is 11.9 Å². The summed E-state index contributed by atoms with van der Waals surface area (Å²) in [5.41, 5.74) is 2.35. The van der Waals surface area contributed by atoms with E-state index < -0.39 is 24.0 Å². The van der Waals surface area contributed by atoms with Gasteiger partial charge in [0.2, 0.25) is 0 Å². The number of ether oxygens (including phenoxy) is 1. The summed E-state index contributed by atoms with van der Waals surface area (Å²) in [6, 6.07) is 10.2. The van der Waals surface area contributed by atoms with Crippen LogP contribution in [0.2, 0.25) is 0 Å². The first-order valence-electron chi connectivity index (χ1n) is 8.24. The second kappa shape index (κ2) is 10.8. The standard InChI is InChI=1S/C19H17Br3N2O5/c1-10(2-7-16(25)24-28)18(14-8-12(21)9-15(22)17(14)26)29-19(27)23-13-5-3-11(20)4-6-13/h2-10,18,26,28H,1H3,(H,23,27)(H,24,25)/b7-2+/t10-,18-/m0/s1. The van der Waals surface area contributed by atoms with Gasteiger partial charge in [-0.15, -0.1) is 0 Å². The molecule has 0 spiro atoms. The quantitative estimate of drug-likeness (QED) is 0.196. The molecule has 0 saturated heterocycles. The van der Waals surface area contributed by atoms with Crippen LogP contribution in [0.5, 0.6) is 5.75 Å². The van der Waals surface area contributed by atoms with Crippen LogP contribution in [-0.4, -0.2) is 22.3 Å². The van der Waals surface area contributed by atoms with Crippen molar-refractivity contribution in [2.75, 3.05) is 5.32 Å². The number of phenols is 1. The van der Waals surface area contributed by atoms with E-state index in [1.807, 2.05) is 0 Å². The van der Waals surface area contributed by atoms with E-state index in [0.29, 0.717) is 20.2 Å². The Labute approximate surface area is 192 Å². The van der Waals surface area contributed by atoms with Crippen molar-refractivity contribution in [3.63, 3.8) is 0 Å². The Morgan fingerprint density at radius 2 is 1.76 bits per heavy atom. The molecular formula is C19H17Br3N2O5. The number of hydrogen-bond donors (Lipinski definition) is 4. The maximum absolute atomic E-state index is 12.5. The molecule has 2 rings (SSSR count). The van der Waals surface area contributed by atoms with Gasteiger partial charge in [-0.05, 0) is 52.3 Å². The highest BCUT2D eigenvalue weighted by molar-refractivity contribution is 9.11. The summed E-state index contributed by atoms with van der Waals surface area (Å²) in [7, 11) is 0. The second-order valence-electron chi connectivity index (χ2n) is 5.98. The zero-order valence-corrected chi connectivity index (χ0v) is 19.8. The second-order valence-corrected chi connectivity index (χ2v) is 8.66. The van der Waals surface area contributed by atoms with Gasteiger partial charge in [-0.3, -0.25) is 15.3 Å². The number of amides is 2. The van der Waals surface area contributed by atoms with Crippen molar-refractivity contribution < 1.29 is 24.6 Å². The number of carbonyl (C=O) groups excluding carboxylic acids is 2. The first-order chi connectivity index (χ1) is 13.7. The lowest BCUT2D eigenvalue weighted by molar-refractivity contribution is -0.124. The molecule has 0 heterocycles. The highest BCUT2D eigenvalue weighted by Gasteiger charge is 2.26. The topological polar surface area (TPSA) is 108 Å². The molecule has 154 valence electrons. The van der Waals surface area contributed by atoms with Gasteiger partial charge in [-0.2, -0.15) is 0 Å². The van der Waals surface area contributed by atoms with Crippen LogP contribution in [0.1, 0.15) is 18.6 Å². The molecule has 29 heavy (non-hydrogen) atoms. The Morgan fingerprint density at radius 1 is 1.10 bits per heavy atom. The molecule has 2 aromatic rings. The number of benzene rings is 2. The van der Waals surface area contributed by atoms with E-state index in [1.165, 1.54) is 11.6 Å². The fraction of sp³-hybridized carbons (Fsp3) is 0.158. The van der Waals surface area contributed by atoms with E-state index >= 15 is 0 Å². The van der Waals surface area contributed by atoms with Crippen molar-refractivity contribution in [1.29, 1.82) is 0 Å². The molecule has 2 amide bonds. The minimum Gasteiger partial charge on any atom is -0.506 e. The number of phenolic OH excluding ortho intramolecular Hbond substituents is 1. The number of hydroxylamine groups is 1. The van der Waals surface area contributed by atoms with E-state index in [2.05, 4.69) is 53.1 Å². The normalized spacial score (nSPS) is 13.0. The van der Waals surface area contributed by atoms with Crippen molar-refractivity contribution in [3.05, 3.63) is 67.5 Å². The molecule has 2 aromatic carbocycles. The summed E-state index contributed by atoms with van der Waals surface area (Å²) in [4.78, 5) is 23.8. The van der Waals surface area contributed by atoms with Crippen molar-refractivity contribution in [2.45, 2.75) is 13.0 Å². The number of anilines is 1. The smallest absolute Gasteiger partial charge is 0.412 e. The minimum absolute atomic E-state index is 0.0958. The van der Waals surface area contributed by atoms with Crippen molar-refractivity contribution in [2.24, 2.45) is 5.92 Å². The van der Waals surface area contributed by atoms with Crippen molar-refractivity contribution in [1.82, 2.24) is 5.48 Å². The van der Waals surface area contributed by atoms with Crippen LogP contribution in [0, 0.1) is 5.92 Å². The van der Waals surface area contributed by atoms with Gasteiger partial charge in [0.15, 0.2) is 0 Å². The fourth-order valence-electron chi connectivity index (χ4n) is 2.43. The summed E-state index contributed by atoms with van der Waals surface area (Å²) < 4.78 is 7.51. The Bertz CT molecular complexity index is 919. The number of aromatic hydroxyl groups is 1. The fourth-order valence-corrected chi connectivity index (χ4v) is 3.95. The lowest BCUT2D eigenvalue weighted by Gasteiger charge is -2.24. The van der Waals surface area contributed by atoms with Crippen LogP contribution in [0.15, 0.2) is 62.0 Å². The maximum atomic E-state index is 12.5. The Hall–Kier alpha value is -1.88. The summed E-state index contributed by atoms with van der Waals surface area (Å²) >= 11 is 9.93. The van der Waals surface area contributed by atoms with Crippen LogP contribution in [-0.2, 0) is 9.53 Å². The third kappa shape index (κ3) is 6.84. The lowest BCUT2D eigenvalue weighted by atomic mass is 9.96. The number of nitrogens with one attached hydrogen (secondary N) is 2. The lowest BCUT2D eigenvalue weighted by Crippen LogP contribution is -2.22. The van der Waals surface area contributed by atoms with E-state index in [-0.39, 0.29) is 5.75 Å². The molecule has 0 fully saturated rings. The largest absolute Gasteiger partial charge is 0.506 e. The zero-order valence-electron chi connectivity index (χ0n) is 15.0. The van der Waals surface area contributed by atoms with Crippen LogP contribution < -0.4 is 10.8 Å². The molecule has 0 aromatic heterocycles. The van der Waals surface area contributed by atoms with Crippen LogP contribution in [0.25, 0.3) is 0 Å². The van der Waals surface area contributed by atoms with Crippen LogP contribution in [0.3, 0.4) is 0 Å². The maximum Gasteiger partial charge on any atom is 0.412 e. The average Bonchev–Trinajstić information content (AvgIpc) is 2.68. The molecule has 0 bridgehead atoms. The average molecular weight is 593 g/mol. The number of halogens is 3. The molecule has 2 atom stereocenters. The van der Waals surface area contributed by atoms with Gasteiger partial charge in [0.25, 0.3) is 5.91 Å². The highest BCUT2D eigenvalue weighted by atomic mass is 79.9.